The minimum absolute atomic E-state index is 0.127. The average Bonchev–Trinajstić information content (AvgIpc) is 2.27. The second-order valence-corrected chi connectivity index (χ2v) is 6.13. The third-order valence-corrected chi connectivity index (χ3v) is 3.07. The zero-order valence-corrected chi connectivity index (χ0v) is 11.4. The molecule has 17 heavy (non-hydrogen) atoms. The molecule has 1 atom stereocenters. The van der Waals surface area contributed by atoms with E-state index in [9.17, 15) is 5.11 Å². The van der Waals surface area contributed by atoms with Gasteiger partial charge >= 0.3 is 0 Å². The van der Waals surface area contributed by atoms with E-state index in [2.05, 4.69) is 45.0 Å². The molecule has 0 aliphatic carbocycles. The van der Waals surface area contributed by atoms with Crippen molar-refractivity contribution in [3.63, 3.8) is 0 Å². The fourth-order valence-corrected chi connectivity index (χ4v) is 1.93. The molecule has 0 saturated heterocycles. The van der Waals surface area contributed by atoms with Crippen molar-refractivity contribution >= 4 is 0 Å². The van der Waals surface area contributed by atoms with Crippen LogP contribution in [0, 0.1) is 5.41 Å². The van der Waals surface area contributed by atoms with Gasteiger partial charge in [-0.2, -0.15) is 0 Å². The molecular weight excluding hydrogens is 208 g/mol. The van der Waals surface area contributed by atoms with Gasteiger partial charge in [0, 0.05) is 0 Å². The summed E-state index contributed by atoms with van der Waals surface area (Å²) >= 11 is 0. The van der Waals surface area contributed by atoms with Gasteiger partial charge < -0.3 is 5.11 Å². The van der Waals surface area contributed by atoms with E-state index in [1.54, 1.807) is 0 Å². The summed E-state index contributed by atoms with van der Waals surface area (Å²) in [7, 11) is 0. The fraction of sp³-hybridized carbons (Fsp3) is 0.625. The molecular formula is C16H26O. The molecule has 0 bridgehead atoms. The van der Waals surface area contributed by atoms with Gasteiger partial charge in [-0.15, -0.1) is 0 Å². The first-order chi connectivity index (χ1) is 7.97. The highest BCUT2D eigenvalue weighted by Crippen LogP contribution is 2.22. The highest BCUT2D eigenvalue weighted by Gasteiger charge is 2.13. The van der Waals surface area contributed by atoms with Crippen LogP contribution in [-0.4, -0.2) is 11.2 Å². The fourth-order valence-electron chi connectivity index (χ4n) is 1.93. The molecule has 1 rings (SSSR count). The number of aliphatic hydroxyl groups is 1. The van der Waals surface area contributed by atoms with Crippen molar-refractivity contribution in [3.8, 4) is 0 Å². The third-order valence-electron chi connectivity index (χ3n) is 3.07. The van der Waals surface area contributed by atoms with E-state index in [0.717, 1.165) is 32.1 Å². The molecule has 0 aliphatic heterocycles. The Morgan fingerprint density at radius 3 is 2.29 bits per heavy atom. The Bertz CT molecular complexity index is 297. The Morgan fingerprint density at radius 1 is 1.06 bits per heavy atom. The van der Waals surface area contributed by atoms with E-state index in [4.69, 9.17) is 0 Å². The standard InChI is InChI=1S/C16H26O/c1-16(2,3)13-12-15(17)11-7-10-14-8-5-4-6-9-14/h4-6,8-9,15,17H,7,10-13H2,1-3H3. The van der Waals surface area contributed by atoms with Gasteiger partial charge in [0.05, 0.1) is 6.10 Å². The van der Waals surface area contributed by atoms with Crippen LogP contribution in [0.15, 0.2) is 30.3 Å². The Labute approximate surface area is 106 Å². The molecule has 0 radical (unpaired) electrons. The van der Waals surface area contributed by atoms with Crippen molar-refractivity contribution in [2.24, 2.45) is 5.41 Å². The average molecular weight is 234 g/mol. The first-order valence-corrected chi connectivity index (χ1v) is 6.69. The van der Waals surface area contributed by atoms with Gasteiger partial charge in [-0.05, 0) is 43.1 Å². The number of hydrogen-bond acceptors (Lipinski definition) is 1. The van der Waals surface area contributed by atoms with Gasteiger partial charge in [-0.1, -0.05) is 51.1 Å². The van der Waals surface area contributed by atoms with Crippen molar-refractivity contribution < 1.29 is 5.11 Å². The number of benzene rings is 1. The van der Waals surface area contributed by atoms with Gasteiger partial charge in [0.2, 0.25) is 0 Å². The molecule has 0 aromatic heterocycles. The monoisotopic (exact) mass is 234 g/mol. The first kappa shape index (κ1) is 14.2. The summed E-state index contributed by atoms with van der Waals surface area (Å²) < 4.78 is 0. The molecule has 1 nitrogen and oxygen atoms in total. The van der Waals surface area contributed by atoms with E-state index >= 15 is 0 Å². The number of rotatable bonds is 6. The van der Waals surface area contributed by atoms with E-state index in [-0.39, 0.29) is 6.10 Å². The molecule has 0 fully saturated rings. The van der Waals surface area contributed by atoms with Crippen molar-refractivity contribution in [2.45, 2.75) is 59.0 Å². The lowest BCUT2D eigenvalue weighted by Gasteiger charge is -2.20. The largest absolute Gasteiger partial charge is 0.393 e. The molecule has 0 saturated carbocycles. The minimum Gasteiger partial charge on any atom is -0.393 e. The van der Waals surface area contributed by atoms with Crippen molar-refractivity contribution in [2.75, 3.05) is 0 Å². The maximum absolute atomic E-state index is 9.89. The molecule has 1 heteroatoms. The molecule has 1 unspecified atom stereocenters. The zero-order chi connectivity index (χ0) is 12.7. The Hall–Kier alpha value is -0.820. The number of aryl methyl sites for hydroxylation is 1. The topological polar surface area (TPSA) is 20.2 Å². The van der Waals surface area contributed by atoms with Crippen molar-refractivity contribution in [1.82, 2.24) is 0 Å². The molecule has 96 valence electrons. The lowest BCUT2D eigenvalue weighted by Crippen LogP contribution is -2.13. The summed E-state index contributed by atoms with van der Waals surface area (Å²) in [6.07, 6.45) is 4.98. The Morgan fingerprint density at radius 2 is 1.71 bits per heavy atom. The van der Waals surface area contributed by atoms with Crippen LogP contribution >= 0.6 is 0 Å². The van der Waals surface area contributed by atoms with Crippen LogP contribution in [0.2, 0.25) is 0 Å². The zero-order valence-electron chi connectivity index (χ0n) is 11.4. The van der Waals surface area contributed by atoms with Gasteiger partial charge in [0.15, 0.2) is 0 Å². The molecule has 1 aromatic carbocycles. The first-order valence-electron chi connectivity index (χ1n) is 6.69. The second kappa shape index (κ2) is 6.80. The summed E-state index contributed by atoms with van der Waals surface area (Å²) in [5, 5.41) is 9.89. The molecule has 0 amide bonds. The predicted molar refractivity (Wildman–Crippen MR) is 74.1 cm³/mol. The molecule has 0 aliphatic rings. The van der Waals surface area contributed by atoms with Crippen LogP contribution in [0.4, 0.5) is 0 Å². The second-order valence-electron chi connectivity index (χ2n) is 6.13. The number of aliphatic hydroxyl groups excluding tert-OH is 1. The van der Waals surface area contributed by atoms with Crippen LogP contribution in [0.5, 0.6) is 0 Å². The summed E-state index contributed by atoms with van der Waals surface area (Å²) in [5.41, 5.74) is 1.70. The third kappa shape index (κ3) is 7.17. The normalized spacial score (nSPS) is 13.6. The molecule has 1 aromatic rings. The highest BCUT2D eigenvalue weighted by atomic mass is 16.3. The van der Waals surface area contributed by atoms with Gasteiger partial charge in [0.1, 0.15) is 0 Å². The maximum Gasteiger partial charge on any atom is 0.0540 e. The van der Waals surface area contributed by atoms with E-state index < -0.39 is 0 Å². The highest BCUT2D eigenvalue weighted by molar-refractivity contribution is 5.14. The van der Waals surface area contributed by atoms with Crippen LogP contribution in [0.3, 0.4) is 0 Å². The Kier molecular flexibility index (Phi) is 5.70. The lowest BCUT2D eigenvalue weighted by molar-refractivity contribution is 0.134. The van der Waals surface area contributed by atoms with E-state index in [1.165, 1.54) is 5.56 Å². The van der Waals surface area contributed by atoms with E-state index in [1.807, 2.05) is 6.07 Å². The maximum atomic E-state index is 9.89. The SMILES string of the molecule is CC(C)(C)CCC(O)CCCc1ccccc1. The van der Waals surface area contributed by atoms with Crippen LogP contribution in [0.1, 0.15) is 52.0 Å². The summed E-state index contributed by atoms with van der Waals surface area (Å²) in [4.78, 5) is 0. The predicted octanol–water partition coefficient (Wildman–Crippen LogP) is 4.20. The smallest absolute Gasteiger partial charge is 0.0540 e. The Balaban J connectivity index is 2.14. The molecule has 1 N–H and O–H groups in total. The summed E-state index contributed by atoms with van der Waals surface area (Å²) in [6.45, 7) is 6.68. The van der Waals surface area contributed by atoms with Gasteiger partial charge in [-0.25, -0.2) is 0 Å². The lowest BCUT2D eigenvalue weighted by atomic mass is 9.88. The summed E-state index contributed by atoms with van der Waals surface area (Å²) in [6, 6.07) is 10.5. The van der Waals surface area contributed by atoms with Crippen molar-refractivity contribution in [1.29, 1.82) is 0 Å². The van der Waals surface area contributed by atoms with Crippen LogP contribution < -0.4 is 0 Å². The van der Waals surface area contributed by atoms with Crippen LogP contribution in [-0.2, 0) is 6.42 Å². The van der Waals surface area contributed by atoms with Gasteiger partial charge in [0.25, 0.3) is 0 Å². The van der Waals surface area contributed by atoms with Gasteiger partial charge in [-0.3, -0.25) is 0 Å². The van der Waals surface area contributed by atoms with E-state index in [0.29, 0.717) is 5.41 Å². The van der Waals surface area contributed by atoms with Crippen LogP contribution in [0.25, 0.3) is 0 Å². The summed E-state index contributed by atoms with van der Waals surface area (Å²) in [5.74, 6) is 0. The minimum atomic E-state index is -0.127. The molecule has 0 spiro atoms. The van der Waals surface area contributed by atoms with Crippen molar-refractivity contribution in [3.05, 3.63) is 35.9 Å². The number of hydrogen-bond donors (Lipinski definition) is 1. The molecule has 0 heterocycles. The quantitative estimate of drug-likeness (QED) is 0.782.